The summed E-state index contributed by atoms with van der Waals surface area (Å²) in [7, 11) is 0. The summed E-state index contributed by atoms with van der Waals surface area (Å²) in [5, 5.41) is 0. The Balaban J connectivity index is 1.72. The highest BCUT2D eigenvalue weighted by Gasteiger charge is 2.19. The van der Waals surface area contributed by atoms with Crippen molar-refractivity contribution >= 4 is 23.7 Å². The van der Waals surface area contributed by atoms with E-state index < -0.39 is 0 Å². The zero-order valence-corrected chi connectivity index (χ0v) is 12.8. The second kappa shape index (κ2) is 8.12. The number of carbonyl (C=O) groups is 1. The van der Waals surface area contributed by atoms with Crippen LogP contribution in [0, 0.1) is 0 Å². The molecule has 2 rings (SSSR count). The molecule has 1 saturated heterocycles. The molecule has 4 heteroatoms. The van der Waals surface area contributed by atoms with Crippen molar-refractivity contribution in [2.24, 2.45) is 0 Å². The fraction of sp³-hybridized carbons (Fsp3) is 0.438. The first kappa shape index (κ1) is 15.1. The SMILES string of the molecule is CSCC(=O)N1CCN(C/C=C/c2ccccc2)CC1. The molecule has 0 atom stereocenters. The van der Waals surface area contributed by atoms with Gasteiger partial charge in [0.2, 0.25) is 5.91 Å². The predicted molar refractivity (Wildman–Crippen MR) is 86.9 cm³/mol. The van der Waals surface area contributed by atoms with Gasteiger partial charge in [-0.05, 0) is 11.8 Å². The number of rotatable bonds is 5. The molecule has 0 unspecified atom stereocenters. The van der Waals surface area contributed by atoms with E-state index in [4.69, 9.17) is 0 Å². The van der Waals surface area contributed by atoms with Crippen LogP contribution in [0.5, 0.6) is 0 Å². The van der Waals surface area contributed by atoms with Gasteiger partial charge in [-0.25, -0.2) is 0 Å². The molecule has 0 bridgehead atoms. The van der Waals surface area contributed by atoms with Gasteiger partial charge in [-0.2, -0.15) is 11.8 Å². The highest BCUT2D eigenvalue weighted by atomic mass is 32.2. The number of piperazine rings is 1. The summed E-state index contributed by atoms with van der Waals surface area (Å²) in [6, 6.07) is 10.3. The highest BCUT2D eigenvalue weighted by Crippen LogP contribution is 2.06. The van der Waals surface area contributed by atoms with Crippen LogP contribution < -0.4 is 0 Å². The Morgan fingerprint density at radius 1 is 1.20 bits per heavy atom. The lowest BCUT2D eigenvalue weighted by atomic mass is 10.2. The summed E-state index contributed by atoms with van der Waals surface area (Å²) in [5.74, 6) is 0.880. The fourth-order valence-electron chi connectivity index (χ4n) is 2.30. The van der Waals surface area contributed by atoms with Crippen LogP contribution in [0.3, 0.4) is 0 Å². The minimum Gasteiger partial charge on any atom is -0.339 e. The number of hydrogen-bond donors (Lipinski definition) is 0. The van der Waals surface area contributed by atoms with Crippen LogP contribution in [0.1, 0.15) is 5.56 Å². The van der Waals surface area contributed by atoms with Gasteiger partial charge in [-0.15, -0.1) is 0 Å². The van der Waals surface area contributed by atoms with Crippen molar-refractivity contribution in [2.75, 3.05) is 44.7 Å². The third kappa shape index (κ3) is 4.69. The highest BCUT2D eigenvalue weighted by molar-refractivity contribution is 7.99. The maximum Gasteiger partial charge on any atom is 0.232 e. The van der Waals surface area contributed by atoms with Crippen LogP contribution in [-0.4, -0.2) is 60.4 Å². The van der Waals surface area contributed by atoms with Crippen LogP contribution in [0.25, 0.3) is 6.08 Å². The molecule has 0 aromatic heterocycles. The lowest BCUT2D eigenvalue weighted by Gasteiger charge is -2.34. The topological polar surface area (TPSA) is 23.6 Å². The molecule has 1 fully saturated rings. The molecule has 0 N–H and O–H groups in total. The number of thioether (sulfide) groups is 1. The molecular formula is C16H22N2OS. The van der Waals surface area contributed by atoms with Crippen LogP contribution >= 0.6 is 11.8 Å². The zero-order chi connectivity index (χ0) is 14.2. The van der Waals surface area contributed by atoms with Crippen LogP contribution in [0.4, 0.5) is 0 Å². The van der Waals surface area contributed by atoms with E-state index in [1.165, 1.54) is 5.56 Å². The lowest BCUT2D eigenvalue weighted by Crippen LogP contribution is -2.49. The van der Waals surface area contributed by atoms with E-state index in [1.807, 2.05) is 17.2 Å². The van der Waals surface area contributed by atoms with Crippen molar-refractivity contribution in [3.05, 3.63) is 42.0 Å². The Morgan fingerprint density at radius 2 is 1.90 bits per heavy atom. The standard InChI is InChI=1S/C16H22N2OS/c1-20-14-16(19)18-12-10-17(11-13-18)9-5-8-15-6-3-2-4-7-15/h2-8H,9-14H2,1H3/b8-5+. The molecule has 1 aliphatic heterocycles. The van der Waals surface area contributed by atoms with E-state index in [0.717, 1.165) is 32.7 Å². The Bertz CT molecular complexity index is 439. The van der Waals surface area contributed by atoms with E-state index >= 15 is 0 Å². The van der Waals surface area contributed by atoms with Gasteiger partial charge < -0.3 is 4.90 Å². The van der Waals surface area contributed by atoms with Gasteiger partial charge in [0.05, 0.1) is 5.75 Å². The molecular weight excluding hydrogens is 268 g/mol. The average Bonchev–Trinajstić information content (AvgIpc) is 2.49. The van der Waals surface area contributed by atoms with Crippen molar-refractivity contribution in [3.8, 4) is 0 Å². The minimum absolute atomic E-state index is 0.275. The number of nitrogens with zero attached hydrogens (tertiary/aromatic N) is 2. The molecule has 1 heterocycles. The number of amides is 1. The fourth-order valence-corrected chi connectivity index (χ4v) is 2.73. The monoisotopic (exact) mass is 290 g/mol. The molecule has 1 aromatic rings. The second-order valence-electron chi connectivity index (χ2n) is 4.93. The van der Waals surface area contributed by atoms with E-state index in [9.17, 15) is 4.79 Å². The Kier molecular flexibility index (Phi) is 6.15. The number of benzene rings is 1. The van der Waals surface area contributed by atoms with Crippen LogP contribution in [0.2, 0.25) is 0 Å². The average molecular weight is 290 g/mol. The molecule has 20 heavy (non-hydrogen) atoms. The molecule has 3 nitrogen and oxygen atoms in total. The van der Waals surface area contributed by atoms with Crippen molar-refractivity contribution in [2.45, 2.75) is 0 Å². The van der Waals surface area contributed by atoms with E-state index in [-0.39, 0.29) is 5.91 Å². The smallest absolute Gasteiger partial charge is 0.232 e. The van der Waals surface area contributed by atoms with Gasteiger partial charge >= 0.3 is 0 Å². The Labute approximate surface area is 125 Å². The van der Waals surface area contributed by atoms with E-state index in [1.54, 1.807) is 11.8 Å². The molecule has 1 aliphatic rings. The van der Waals surface area contributed by atoms with E-state index in [2.05, 4.69) is 41.3 Å². The summed E-state index contributed by atoms with van der Waals surface area (Å²) >= 11 is 1.60. The van der Waals surface area contributed by atoms with Gasteiger partial charge in [0.15, 0.2) is 0 Å². The minimum atomic E-state index is 0.275. The van der Waals surface area contributed by atoms with Gasteiger partial charge in [0.25, 0.3) is 0 Å². The Hall–Kier alpha value is -1.26. The third-order valence-corrected chi connectivity index (χ3v) is 4.00. The molecule has 108 valence electrons. The predicted octanol–water partition coefficient (Wildman–Crippen LogP) is 2.21. The lowest BCUT2D eigenvalue weighted by molar-refractivity contribution is -0.129. The maximum atomic E-state index is 11.8. The number of carbonyl (C=O) groups excluding carboxylic acids is 1. The van der Waals surface area contributed by atoms with E-state index in [0.29, 0.717) is 5.75 Å². The first-order valence-corrected chi connectivity index (χ1v) is 8.39. The largest absolute Gasteiger partial charge is 0.339 e. The van der Waals surface area contributed by atoms with Crippen molar-refractivity contribution < 1.29 is 4.79 Å². The molecule has 0 spiro atoms. The molecule has 1 aromatic carbocycles. The number of hydrogen-bond acceptors (Lipinski definition) is 3. The summed E-state index contributed by atoms with van der Waals surface area (Å²) in [6.45, 7) is 4.62. The summed E-state index contributed by atoms with van der Waals surface area (Å²) < 4.78 is 0. The Morgan fingerprint density at radius 3 is 2.55 bits per heavy atom. The first-order chi connectivity index (χ1) is 9.79. The summed E-state index contributed by atoms with van der Waals surface area (Å²) in [5.41, 5.74) is 1.24. The van der Waals surface area contributed by atoms with Crippen molar-refractivity contribution in [1.29, 1.82) is 0 Å². The molecule has 1 amide bonds. The van der Waals surface area contributed by atoms with Crippen LogP contribution in [-0.2, 0) is 4.79 Å². The normalized spacial score (nSPS) is 16.8. The van der Waals surface area contributed by atoms with Gasteiger partial charge in [0, 0.05) is 32.7 Å². The van der Waals surface area contributed by atoms with Crippen molar-refractivity contribution in [3.63, 3.8) is 0 Å². The quantitative estimate of drug-likeness (QED) is 0.830. The summed E-state index contributed by atoms with van der Waals surface area (Å²) in [4.78, 5) is 16.1. The van der Waals surface area contributed by atoms with Gasteiger partial charge in [-0.3, -0.25) is 9.69 Å². The van der Waals surface area contributed by atoms with Gasteiger partial charge in [0.1, 0.15) is 0 Å². The van der Waals surface area contributed by atoms with Crippen LogP contribution in [0.15, 0.2) is 36.4 Å². The first-order valence-electron chi connectivity index (χ1n) is 7.00. The zero-order valence-electron chi connectivity index (χ0n) is 12.0. The maximum absolute atomic E-state index is 11.8. The van der Waals surface area contributed by atoms with Crippen molar-refractivity contribution in [1.82, 2.24) is 9.80 Å². The molecule has 0 aliphatic carbocycles. The second-order valence-corrected chi connectivity index (χ2v) is 5.79. The molecule has 0 radical (unpaired) electrons. The summed E-state index contributed by atoms with van der Waals surface area (Å²) in [6.07, 6.45) is 6.34. The molecule has 0 saturated carbocycles. The van der Waals surface area contributed by atoms with Gasteiger partial charge in [-0.1, -0.05) is 42.5 Å². The third-order valence-electron chi connectivity index (χ3n) is 3.47.